The summed E-state index contributed by atoms with van der Waals surface area (Å²) in [7, 11) is 0. The zero-order valence-corrected chi connectivity index (χ0v) is 13.1. The van der Waals surface area contributed by atoms with Crippen LogP contribution in [0, 0.1) is 0 Å². The van der Waals surface area contributed by atoms with Crippen LogP contribution in [0.25, 0.3) is 0 Å². The molecule has 0 heterocycles. The maximum Gasteiger partial charge on any atom is 0.320 e. The molecule has 22 heavy (non-hydrogen) atoms. The molecule has 120 valence electrons. The van der Waals surface area contributed by atoms with Crippen molar-refractivity contribution in [2.45, 2.75) is 45.7 Å². The highest BCUT2D eigenvalue weighted by atomic mass is 16.4. The van der Waals surface area contributed by atoms with Gasteiger partial charge in [-0.15, -0.1) is 0 Å². The van der Waals surface area contributed by atoms with Gasteiger partial charge in [-0.25, -0.2) is 0 Å². The molecule has 2 atom stereocenters. The van der Waals surface area contributed by atoms with E-state index in [1.807, 2.05) is 6.92 Å². The van der Waals surface area contributed by atoms with Crippen molar-refractivity contribution < 1.29 is 19.5 Å². The lowest BCUT2D eigenvalue weighted by Gasteiger charge is -2.19. The number of Topliss-reactive ketones (excluding diaryl/α,β-unsaturated/α-hetero) is 1. The first-order chi connectivity index (χ1) is 10.3. The van der Waals surface area contributed by atoms with Crippen molar-refractivity contribution in [3.63, 3.8) is 0 Å². The Morgan fingerprint density at radius 2 is 1.95 bits per heavy atom. The number of hydrogen-bond donors (Lipinski definition) is 3. The van der Waals surface area contributed by atoms with Gasteiger partial charge in [-0.2, -0.15) is 0 Å². The molecule has 0 fully saturated rings. The Bertz CT molecular complexity index is 557. The van der Waals surface area contributed by atoms with Gasteiger partial charge in [0.05, 0.1) is 6.04 Å². The summed E-state index contributed by atoms with van der Waals surface area (Å²) in [6, 6.07) is 5.21. The molecule has 1 aromatic carbocycles. The highest BCUT2D eigenvalue weighted by Gasteiger charge is 2.22. The van der Waals surface area contributed by atoms with E-state index in [2.05, 4.69) is 10.6 Å². The van der Waals surface area contributed by atoms with Gasteiger partial charge < -0.3 is 10.4 Å². The minimum absolute atomic E-state index is 0.0869. The summed E-state index contributed by atoms with van der Waals surface area (Å²) in [6.07, 6.45) is 1.16. The molecule has 0 saturated heterocycles. The van der Waals surface area contributed by atoms with Crippen molar-refractivity contribution in [1.82, 2.24) is 5.32 Å². The summed E-state index contributed by atoms with van der Waals surface area (Å²) in [5.74, 6) is -1.40. The fourth-order valence-electron chi connectivity index (χ4n) is 2.01. The molecule has 0 aromatic heterocycles. The molecule has 1 aromatic rings. The van der Waals surface area contributed by atoms with Crippen LogP contribution in [-0.2, 0) is 9.59 Å². The smallest absolute Gasteiger partial charge is 0.320 e. The van der Waals surface area contributed by atoms with E-state index in [4.69, 9.17) is 5.11 Å². The highest BCUT2D eigenvalue weighted by Crippen LogP contribution is 2.11. The summed E-state index contributed by atoms with van der Waals surface area (Å²) < 4.78 is 0. The van der Waals surface area contributed by atoms with Crippen molar-refractivity contribution in [3.05, 3.63) is 29.8 Å². The quantitative estimate of drug-likeness (QED) is 0.639. The number of carbonyl (C=O) groups excluding carboxylic acids is 2. The van der Waals surface area contributed by atoms with E-state index in [0.29, 0.717) is 24.1 Å². The second-order valence-electron chi connectivity index (χ2n) is 5.19. The van der Waals surface area contributed by atoms with Gasteiger partial charge in [-0.1, -0.05) is 25.5 Å². The number of carbonyl (C=O) groups is 3. The lowest BCUT2D eigenvalue weighted by molar-refractivity contribution is -0.140. The summed E-state index contributed by atoms with van der Waals surface area (Å²) in [5.41, 5.74) is 1.02. The number of aliphatic carboxylic acids is 1. The number of carboxylic acid groups (broad SMARTS) is 1. The van der Waals surface area contributed by atoms with Crippen LogP contribution < -0.4 is 10.6 Å². The average Bonchev–Trinajstić information content (AvgIpc) is 2.46. The number of anilines is 1. The van der Waals surface area contributed by atoms with Crippen molar-refractivity contribution >= 4 is 23.3 Å². The van der Waals surface area contributed by atoms with Gasteiger partial charge in [0.1, 0.15) is 6.04 Å². The molecular formula is C16H22N2O4. The molecular weight excluding hydrogens is 284 g/mol. The second-order valence-corrected chi connectivity index (χ2v) is 5.19. The summed E-state index contributed by atoms with van der Waals surface area (Å²) in [4.78, 5) is 34.5. The molecule has 0 bridgehead atoms. The first-order valence-corrected chi connectivity index (χ1v) is 7.25. The fourth-order valence-corrected chi connectivity index (χ4v) is 2.01. The largest absolute Gasteiger partial charge is 0.480 e. The number of amides is 1. The molecule has 6 heteroatoms. The van der Waals surface area contributed by atoms with Gasteiger partial charge in [-0.05, 0) is 32.4 Å². The van der Waals surface area contributed by atoms with Crippen LogP contribution in [0.3, 0.4) is 0 Å². The fraction of sp³-hybridized carbons (Fsp3) is 0.438. The molecule has 0 aliphatic heterocycles. The van der Waals surface area contributed by atoms with Crippen LogP contribution in [-0.4, -0.2) is 34.8 Å². The Labute approximate surface area is 129 Å². The van der Waals surface area contributed by atoms with E-state index < -0.39 is 18.1 Å². The molecule has 0 aliphatic carbocycles. The first kappa shape index (κ1) is 17.8. The molecule has 0 saturated carbocycles. The van der Waals surface area contributed by atoms with Gasteiger partial charge in [0.25, 0.3) is 0 Å². The topological polar surface area (TPSA) is 95.5 Å². The Morgan fingerprint density at radius 1 is 1.27 bits per heavy atom. The number of carboxylic acids is 1. The second kappa shape index (κ2) is 8.29. The van der Waals surface area contributed by atoms with E-state index in [0.717, 1.165) is 0 Å². The predicted molar refractivity (Wildman–Crippen MR) is 84.0 cm³/mol. The predicted octanol–water partition coefficient (Wildman–Crippen LogP) is 2.06. The van der Waals surface area contributed by atoms with Crippen LogP contribution in [0.1, 0.15) is 44.0 Å². The maximum atomic E-state index is 12.1. The maximum absolute atomic E-state index is 12.1. The Morgan fingerprint density at radius 3 is 2.50 bits per heavy atom. The summed E-state index contributed by atoms with van der Waals surface area (Å²) >= 11 is 0. The molecule has 1 amide bonds. The lowest BCUT2D eigenvalue weighted by Crippen LogP contribution is -2.47. The molecule has 3 N–H and O–H groups in total. The van der Waals surface area contributed by atoms with Crippen molar-refractivity contribution in [3.8, 4) is 0 Å². The Kier molecular flexibility index (Phi) is 6.72. The van der Waals surface area contributed by atoms with Crippen LogP contribution in [0.5, 0.6) is 0 Å². The monoisotopic (exact) mass is 306 g/mol. The van der Waals surface area contributed by atoms with Crippen LogP contribution in [0.4, 0.5) is 5.69 Å². The van der Waals surface area contributed by atoms with E-state index in [9.17, 15) is 14.4 Å². The summed E-state index contributed by atoms with van der Waals surface area (Å²) in [5, 5.41) is 14.6. The van der Waals surface area contributed by atoms with Gasteiger partial charge in [-0.3, -0.25) is 19.7 Å². The minimum Gasteiger partial charge on any atom is -0.480 e. The van der Waals surface area contributed by atoms with Gasteiger partial charge in [0, 0.05) is 11.3 Å². The molecule has 6 nitrogen and oxygen atoms in total. The van der Waals surface area contributed by atoms with Crippen LogP contribution in [0.15, 0.2) is 24.3 Å². The SMILES string of the molecule is CCCC(NC(C)C(=O)Nc1cccc(C(C)=O)c1)C(=O)O. The van der Waals surface area contributed by atoms with E-state index in [-0.39, 0.29) is 11.7 Å². The molecule has 2 unspecified atom stereocenters. The third kappa shape index (κ3) is 5.29. The third-order valence-corrected chi connectivity index (χ3v) is 3.26. The zero-order valence-electron chi connectivity index (χ0n) is 13.1. The number of rotatable bonds is 8. The average molecular weight is 306 g/mol. The van der Waals surface area contributed by atoms with Gasteiger partial charge in [0.15, 0.2) is 5.78 Å². The lowest BCUT2D eigenvalue weighted by atomic mass is 10.1. The van der Waals surface area contributed by atoms with Crippen LogP contribution >= 0.6 is 0 Å². The van der Waals surface area contributed by atoms with E-state index in [1.54, 1.807) is 31.2 Å². The molecule has 0 radical (unpaired) electrons. The van der Waals surface area contributed by atoms with Gasteiger partial charge >= 0.3 is 5.97 Å². The summed E-state index contributed by atoms with van der Waals surface area (Å²) in [6.45, 7) is 4.94. The number of ketones is 1. The normalized spacial score (nSPS) is 13.2. The molecule has 0 spiro atoms. The zero-order chi connectivity index (χ0) is 16.7. The Balaban J connectivity index is 2.69. The van der Waals surface area contributed by atoms with E-state index >= 15 is 0 Å². The molecule has 1 rings (SSSR count). The van der Waals surface area contributed by atoms with Gasteiger partial charge in [0.2, 0.25) is 5.91 Å². The first-order valence-electron chi connectivity index (χ1n) is 7.25. The van der Waals surface area contributed by atoms with Crippen LogP contribution in [0.2, 0.25) is 0 Å². The standard InChI is InChI=1S/C16H22N2O4/c1-4-6-14(16(21)22)17-10(2)15(20)18-13-8-5-7-12(9-13)11(3)19/h5,7-10,14,17H,4,6H2,1-3H3,(H,18,20)(H,21,22). The van der Waals surface area contributed by atoms with Crippen molar-refractivity contribution in [2.24, 2.45) is 0 Å². The number of benzene rings is 1. The third-order valence-electron chi connectivity index (χ3n) is 3.26. The number of hydrogen-bond acceptors (Lipinski definition) is 4. The van der Waals surface area contributed by atoms with Crippen molar-refractivity contribution in [1.29, 1.82) is 0 Å². The minimum atomic E-state index is -0.972. The number of nitrogens with one attached hydrogen (secondary N) is 2. The Hall–Kier alpha value is -2.21. The van der Waals surface area contributed by atoms with E-state index in [1.165, 1.54) is 6.92 Å². The van der Waals surface area contributed by atoms with Crippen molar-refractivity contribution in [2.75, 3.05) is 5.32 Å². The highest BCUT2D eigenvalue weighted by molar-refractivity contribution is 5.98. The molecule has 0 aliphatic rings.